The maximum absolute atomic E-state index is 11.8. The van der Waals surface area contributed by atoms with Crippen molar-refractivity contribution in [3.05, 3.63) is 29.7 Å². The molecule has 0 unspecified atom stereocenters. The van der Waals surface area contributed by atoms with E-state index in [9.17, 15) is 9.59 Å². The van der Waals surface area contributed by atoms with Crippen LogP contribution in [-0.4, -0.2) is 47.1 Å². The van der Waals surface area contributed by atoms with Gasteiger partial charge in [-0.2, -0.15) is 5.10 Å². The summed E-state index contributed by atoms with van der Waals surface area (Å²) in [5.74, 6) is -0.738. The maximum atomic E-state index is 11.8. The number of esters is 1. The fourth-order valence-corrected chi connectivity index (χ4v) is 1.29. The minimum atomic E-state index is -0.483. The van der Waals surface area contributed by atoms with Crippen LogP contribution in [0.2, 0.25) is 0 Å². The summed E-state index contributed by atoms with van der Waals surface area (Å²) in [6, 6.07) is 1.43. The fourth-order valence-electron chi connectivity index (χ4n) is 1.29. The summed E-state index contributed by atoms with van der Waals surface area (Å²) in [4.78, 5) is 25.0. The van der Waals surface area contributed by atoms with Crippen molar-refractivity contribution in [3.63, 3.8) is 0 Å². The van der Waals surface area contributed by atoms with E-state index in [2.05, 4.69) is 5.10 Å². The molecule has 0 saturated carbocycles. The summed E-state index contributed by atoms with van der Waals surface area (Å²) in [7, 11) is 5.22. The molecule has 1 heterocycles. The molecule has 6 heteroatoms. The molecule has 1 aromatic rings. The van der Waals surface area contributed by atoms with Crippen LogP contribution in [0.5, 0.6) is 0 Å². The molecule has 0 fully saturated rings. The minimum absolute atomic E-state index is 0.221. The van der Waals surface area contributed by atoms with E-state index in [1.807, 2.05) is 14.1 Å². The van der Waals surface area contributed by atoms with Gasteiger partial charge in [0.1, 0.15) is 11.4 Å². The van der Waals surface area contributed by atoms with Crippen LogP contribution in [0.3, 0.4) is 0 Å². The lowest BCUT2D eigenvalue weighted by molar-refractivity contribution is 0.0513. The molecule has 18 heavy (non-hydrogen) atoms. The zero-order chi connectivity index (χ0) is 13.7. The predicted molar refractivity (Wildman–Crippen MR) is 66.3 cm³/mol. The van der Waals surface area contributed by atoms with Gasteiger partial charge in [-0.15, -0.1) is 0 Å². The highest BCUT2D eigenvalue weighted by molar-refractivity contribution is 6.04. The number of ether oxygens (including phenoxy) is 1. The average Bonchev–Trinajstić information content (AvgIpc) is 2.68. The lowest BCUT2D eigenvalue weighted by atomic mass is 10.2. The molecule has 0 saturated heterocycles. The lowest BCUT2D eigenvalue weighted by Gasteiger charge is -2.01. The molecule has 0 aliphatic rings. The number of rotatable bonds is 5. The molecular formula is C12H17N3O3. The summed E-state index contributed by atoms with van der Waals surface area (Å²) in [5.41, 5.74) is 0.483. The second-order valence-corrected chi connectivity index (χ2v) is 3.90. The van der Waals surface area contributed by atoms with E-state index in [4.69, 9.17) is 4.74 Å². The Hall–Kier alpha value is -2.11. The van der Waals surface area contributed by atoms with Gasteiger partial charge in [-0.25, -0.2) is 4.79 Å². The van der Waals surface area contributed by atoms with Crippen LogP contribution in [0.15, 0.2) is 18.3 Å². The first kappa shape index (κ1) is 14.0. The van der Waals surface area contributed by atoms with Gasteiger partial charge >= 0.3 is 5.97 Å². The Morgan fingerprint density at radius 1 is 1.50 bits per heavy atom. The van der Waals surface area contributed by atoms with Gasteiger partial charge < -0.3 is 9.64 Å². The van der Waals surface area contributed by atoms with Crippen molar-refractivity contribution in [2.75, 3.05) is 20.7 Å². The second kappa shape index (κ2) is 6.00. The Balaban J connectivity index is 2.90. The summed E-state index contributed by atoms with van der Waals surface area (Å²) in [6.07, 6.45) is 3.03. The number of allylic oxidation sites excluding steroid dienone is 1. The van der Waals surface area contributed by atoms with Crippen molar-refractivity contribution in [1.29, 1.82) is 0 Å². The average molecular weight is 251 g/mol. The van der Waals surface area contributed by atoms with E-state index in [1.54, 1.807) is 25.1 Å². The molecule has 0 N–H and O–H groups in total. The van der Waals surface area contributed by atoms with E-state index in [1.165, 1.54) is 16.8 Å². The van der Waals surface area contributed by atoms with Crippen LogP contribution in [0.25, 0.3) is 0 Å². The van der Waals surface area contributed by atoms with Gasteiger partial charge in [-0.1, -0.05) is 0 Å². The highest BCUT2D eigenvalue weighted by Crippen LogP contribution is 2.06. The highest BCUT2D eigenvalue weighted by Gasteiger charge is 2.16. The monoisotopic (exact) mass is 251 g/mol. The molecule has 0 aliphatic heterocycles. The van der Waals surface area contributed by atoms with Gasteiger partial charge in [0.15, 0.2) is 0 Å². The van der Waals surface area contributed by atoms with Gasteiger partial charge in [-0.3, -0.25) is 9.48 Å². The van der Waals surface area contributed by atoms with E-state index in [-0.39, 0.29) is 23.8 Å². The lowest BCUT2D eigenvalue weighted by Crippen LogP contribution is -2.10. The van der Waals surface area contributed by atoms with Crippen LogP contribution < -0.4 is 0 Å². The minimum Gasteiger partial charge on any atom is -0.461 e. The van der Waals surface area contributed by atoms with E-state index in [0.717, 1.165) is 0 Å². The van der Waals surface area contributed by atoms with Crippen molar-refractivity contribution >= 4 is 11.8 Å². The van der Waals surface area contributed by atoms with Crippen LogP contribution in [0, 0.1) is 0 Å². The Morgan fingerprint density at radius 2 is 2.17 bits per heavy atom. The smallest absolute Gasteiger partial charge is 0.356 e. The molecule has 1 aromatic heterocycles. The number of aromatic nitrogens is 2. The van der Waals surface area contributed by atoms with E-state index in [0.29, 0.717) is 0 Å². The predicted octanol–water partition coefficient (Wildman–Crippen LogP) is 0.855. The van der Waals surface area contributed by atoms with Crippen molar-refractivity contribution < 1.29 is 14.3 Å². The Bertz CT molecular complexity index is 475. The number of hydrogen-bond acceptors (Lipinski definition) is 5. The summed E-state index contributed by atoms with van der Waals surface area (Å²) in [5, 5.41) is 3.99. The largest absolute Gasteiger partial charge is 0.461 e. The van der Waals surface area contributed by atoms with Crippen molar-refractivity contribution in [2.24, 2.45) is 7.05 Å². The third-order valence-electron chi connectivity index (χ3n) is 2.14. The van der Waals surface area contributed by atoms with E-state index < -0.39 is 5.97 Å². The van der Waals surface area contributed by atoms with Gasteiger partial charge in [0.05, 0.1) is 6.61 Å². The third kappa shape index (κ3) is 3.44. The molecular weight excluding hydrogens is 234 g/mol. The summed E-state index contributed by atoms with van der Waals surface area (Å²) in [6.45, 7) is 2.01. The quantitative estimate of drug-likeness (QED) is 0.441. The zero-order valence-electron chi connectivity index (χ0n) is 11.0. The standard InChI is InChI=1S/C12H17N3O3/c1-5-18-12(17)10-8-9(13-15(10)4)11(16)6-7-14(2)3/h6-8H,5H2,1-4H3/b7-6+. The Morgan fingerprint density at radius 3 is 2.72 bits per heavy atom. The molecule has 0 aliphatic carbocycles. The Kier molecular flexibility index (Phi) is 4.65. The number of ketones is 1. The van der Waals surface area contributed by atoms with Crippen LogP contribution in [-0.2, 0) is 11.8 Å². The number of hydrogen-bond donors (Lipinski definition) is 0. The third-order valence-corrected chi connectivity index (χ3v) is 2.14. The fraction of sp³-hybridized carbons (Fsp3) is 0.417. The van der Waals surface area contributed by atoms with Crippen LogP contribution in [0.4, 0.5) is 0 Å². The topological polar surface area (TPSA) is 64.4 Å². The molecule has 0 spiro atoms. The summed E-state index contributed by atoms with van der Waals surface area (Å²) < 4.78 is 6.20. The normalized spacial score (nSPS) is 10.7. The van der Waals surface area contributed by atoms with Crippen molar-refractivity contribution in [3.8, 4) is 0 Å². The van der Waals surface area contributed by atoms with Gasteiger partial charge in [-0.05, 0) is 6.92 Å². The van der Waals surface area contributed by atoms with Crippen molar-refractivity contribution in [2.45, 2.75) is 6.92 Å². The second-order valence-electron chi connectivity index (χ2n) is 3.90. The zero-order valence-corrected chi connectivity index (χ0v) is 11.0. The van der Waals surface area contributed by atoms with Crippen LogP contribution >= 0.6 is 0 Å². The number of carbonyl (C=O) groups is 2. The highest BCUT2D eigenvalue weighted by atomic mass is 16.5. The van der Waals surface area contributed by atoms with E-state index >= 15 is 0 Å². The van der Waals surface area contributed by atoms with Gasteiger partial charge in [0, 0.05) is 39.5 Å². The first-order chi connectivity index (χ1) is 8.45. The number of nitrogens with zero attached hydrogens (tertiary/aromatic N) is 3. The van der Waals surface area contributed by atoms with Crippen molar-refractivity contribution in [1.82, 2.24) is 14.7 Å². The molecule has 1 rings (SSSR count). The Labute approximate surface area is 106 Å². The first-order valence-corrected chi connectivity index (χ1v) is 5.55. The number of carbonyl (C=O) groups excluding carboxylic acids is 2. The SMILES string of the molecule is CCOC(=O)c1cc(C(=O)/C=C/N(C)C)nn1C. The summed E-state index contributed by atoms with van der Waals surface area (Å²) >= 11 is 0. The van der Waals surface area contributed by atoms with Crippen LogP contribution in [0.1, 0.15) is 27.9 Å². The molecule has 6 nitrogen and oxygen atoms in total. The first-order valence-electron chi connectivity index (χ1n) is 5.55. The molecule has 0 atom stereocenters. The van der Waals surface area contributed by atoms with Gasteiger partial charge in [0.25, 0.3) is 0 Å². The molecule has 0 bridgehead atoms. The molecule has 0 amide bonds. The van der Waals surface area contributed by atoms with Gasteiger partial charge in [0.2, 0.25) is 5.78 Å². The molecule has 98 valence electrons. The maximum Gasteiger partial charge on any atom is 0.356 e. The molecule has 0 aromatic carbocycles. The molecule has 0 radical (unpaired) electrons. The number of aryl methyl sites for hydroxylation is 1.